The fraction of sp³-hybridized carbons (Fsp3) is 0.308. The summed E-state index contributed by atoms with van der Waals surface area (Å²) in [5, 5.41) is 16.5. The second kappa shape index (κ2) is 6.13. The lowest BCUT2D eigenvalue weighted by molar-refractivity contribution is 0.0689. The van der Waals surface area contributed by atoms with E-state index in [1.165, 1.54) is 4.68 Å². The van der Waals surface area contributed by atoms with Crippen LogP contribution in [0.2, 0.25) is 0 Å². The van der Waals surface area contributed by atoms with Crippen LogP contribution in [0.5, 0.6) is 11.5 Å². The lowest BCUT2D eigenvalue weighted by atomic mass is 10.2. The third-order valence-electron chi connectivity index (χ3n) is 3.06. The maximum absolute atomic E-state index is 11.0. The molecule has 2 aromatic rings. The molecule has 0 saturated carbocycles. The van der Waals surface area contributed by atoms with E-state index in [0.29, 0.717) is 23.7 Å². The van der Waals surface area contributed by atoms with Gasteiger partial charge in [0.05, 0.1) is 30.9 Å². The Morgan fingerprint density at radius 1 is 1.33 bits per heavy atom. The molecular weight excluding hydrogens is 342 g/mol. The second-order valence-electron chi connectivity index (χ2n) is 4.28. The lowest BCUT2D eigenvalue weighted by Crippen LogP contribution is -2.07. The van der Waals surface area contributed by atoms with Crippen molar-refractivity contribution in [1.29, 1.82) is 0 Å². The van der Waals surface area contributed by atoms with E-state index in [0.717, 1.165) is 10.0 Å². The number of rotatable bonds is 5. The van der Waals surface area contributed by atoms with E-state index in [1.54, 1.807) is 27.2 Å². The summed E-state index contributed by atoms with van der Waals surface area (Å²) < 4.78 is 12.9. The number of aromatic nitrogens is 3. The molecule has 2 rings (SSSR count). The SMILES string of the molecule is COc1cc(Cn2nnc(C(=O)O)c2C)c(OC)cc1Br. The zero-order valence-corrected chi connectivity index (χ0v) is 13.3. The third kappa shape index (κ3) is 2.99. The molecule has 0 aliphatic heterocycles. The Labute approximate surface area is 129 Å². The largest absolute Gasteiger partial charge is 0.496 e. The average molecular weight is 356 g/mol. The summed E-state index contributed by atoms with van der Waals surface area (Å²) in [7, 11) is 3.13. The highest BCUT2D eigenvalue weighted by atomic mass is 79.9. The van der Waals surface area contributed by atoms with E-state index in [9.17, 15) is 4.79 Å². The van der Waals surface area contributed by atoms with Crippen LogP contribution in [-0.4, -0.2) is 40.3 Å². The summed E-state index contributed by atoms with van der Waals surface area (Å²) in [5.41, 5.74) is 1.23. The topological polar surface area (TPSA) is 86.5 Å². The number of halogens is 1. The summed E-state index contributed by atoms with van der Waals surface area (Å²) in [4.78, 5) is 11.0. The number of hydrogen-bond acceptors (Lipinski definition) is 5. The van der Waals surface area contributed by atoms with Gasteiger partial charge in [0, 0.05) is 5.56 Å². The van der Waals surface area contributed by atoms with Crippen molar-refractivity contribution in [3.05, 3.63) is 33.6 Å². The fourth-order valence-corrected chi connectivity index (χ4v) is 2.40. The van der Waals surface area contributed by atoms with Gasteiger partial charge in [-0.25, -0.2) is 9.48 Å². The summed E-state index contributed by atoms with van der Waals surface area (Å²) in [5.74, 6) is 0.204. The molecule has 1 aromatic heterocycles. The predicted molar refractivity (Wildman–Crippen MR) is 78.1 cm³/mol. The number of benzene rings is 1. The Morgan fingerprint density at radius 2 is 2.00 bits per heavy atom. The van der Waals surface area contributed by atoms with Crippen LogP contribution < -0.4 is 9.47 Å². The zero-order valence-electron chi connectivity index (χ0n) is 11.8. The molecule has 0 bridgehead atoms. The molecule has 0 unspecified atom stereocenters. The van der Waals surface area contributed by atoms with E-state index in [4.69, 9.17) is 14.6 Å². The van der Waals surface area contributed by atoms with Gasteiger partial charge in [-0.3, -0.25) is 0 Å². The van der Waals surface area contributed by atoms with Gasteiger partial charge in [-0.2, -0.15) is 0 Å². The molecular formula is C13H14BrN3O4. The molecule has 0 saturated heterocycles. The molecule has 1 N–H and O–H groups in total. The van der Waals surface area contributed by atoms with Crippen molar-refractivity contribution in [2.45, 2.75) is 13.5 Å². The highest BCUT2D eigenvalue weighted by Crippen LogP contribution is 2.33. The fourth-order valence-electron chi connectivity index (χ4n) is 1.92. The van der Waals surface area contributed by atoms with Gasteiger partial charge in [0.15, 0.2) is 5.69 Å². The van der Waals surface area contributed by atoms with Crippen LogP contribution in [0, 0.1) is 6.92 Å². The number of ether oxygens (including phenoxy) is 2. The van der Waals surface area contributed by atoms with Crippen molar-refractivity contribution in [3.8, 4) is 11.5 Å². The van der Waals surface area contributed by atoms with E-state index >= 15 is 0 Å². The monoisotopic (exact) mass is 355 g/mol. The Hall–Kier alpha value is -2.09. The number of hydrogen-bond donors (Lipinski definition) is 1. The molecule has 0 atom stereocenters. The van der Waals surface area contributed by atoms with Crippen molar-refractivity contribution in [1.82, 2.24) is 15.0 Å². The van der Waals surface area contributed by atoms with Crippen LogP contribution in [-0.2, 0) is 6.54 Å². The van der Waals surface area contributed by atoms with Crippen molar-refractivity contribution < 1.29 is 19.4 Å². The molecule has 0 aliphatic rings. The van der Waals surface area contributed by atoms with Crippen molar-refractivity contribution in [2.75, 3.05) is 14.2 Å². The van der Waals surface area contributed by atoms with Crippen molar-refractivity contribution >= 4 is 21.9 Å². The van der Waals surface area contributed by atoms with Crippen LogP contribution in [0.1, 0.15) is 21.7 Å². The van der Waals surface area contributed by atoms with Gasteiger partial charge in [0.1, 0.15) is 11.5 Å². The Kier molecular flexibility index (Phi) is 4.46. The first-order valence-corrected chi connectivity index (χ1v) is 6.81. The van der Waals surface area contributed by atoms with Crippen molar-refractivity contribution in [3.63, 3.8) is 0 Å². The van der Waals surface area contributed by atoms with Gasteiger partial charge in [0.25, 0.3) is 0 Å². The molecule has 0 radical (unpaired) electrons. The van der Waals surface area contributed by atoms with Gasteiger partial charge < -0.3 is 14.6 Å². The first-order valence-electron chi connectivity index (χ1n) is 6.01. The van der Waals surface area contributed by atoms with Gasteiger partial charge in [0.2, 0.25) is 0 Å². The summed E-state index contributed by atoms with van der Waals surface area (Å²) in [6, 6.07) is 3.60. The van der Waals surface area contributed by atoms with Gasteiger partial charge in [-0.05, 0) is 35.0 Å². The average Bonchev–Trinajstić information content (AvgIpc) is 2.81. The normalized spacial score (nSPS) is 10.5. The third-order valence-corrected chi connectivity index (χ3v) is 3.68. The molecule has 0 aliphatic carbocycles. The quantitative estimate of drug-likeness (QED) is 0.883. The maximum atomic E-state index is 11.0. The highest BCUT2D eigenvalue weighted by Gasteiger charge is 2.17. The molecule has 8 heteroatoms. The summed E-state index contributed by atoms with van der Waals surface area (Å²) in [6.07, 6.45) is 0. The Balaban J connectivity index is 2.41. The molecule has 21 heavy (non-hydrogen) atoms. The smallest absolute Gasteiger partial charge is 0.358 e. The highest BCUT2D eigenvalue weighted by molar-refractivity contribution is 9.10. The minimum absolute atomic E-state index is 0.0574. The molecule has 0 amide bonds. The molecule has 1 aromatic carbocycles. The van der Waals surface area contributed by atoms with Gasteiger partial charge in [-0.1, -0.05) is 5.21 Å². The van der Waals surface area contributed by atoms with Crippen LogP contribution >= 0.6 is 15.9 Å². The first-order chi connectivity index (χ1) is 9.97. The van der Waals surface area contributed by atoms with E-state index in [1.807, 2.05) is 6.07 Å². The number of carbonyl (C=O) groups is 1. The molecule has 1 heterocycles. The molecule has 0 fully saturated rings. The minimum atomic E-state index is -1.10. The number of carboxylic acids is 1. The standard InChI is InChI=1S/C13H14BrN3O4/c1-7-12(13(18)19)15-16-17(7)6-8-4-11(21-3)9(14)5-10(8)20-2/h4-5H,6H2,1-3H3,(H,18,19). The van der Waals surface area contributed by atoms with Crippen molar-refractivity contribution in [2.24, 2.45) is 0 Å². The molecule has 0 spiro atoms. The zero-order chi connectivity index (χ0) is 15.6. The molecule has 112 valence electrons. The molecule has 7 nitrogen and oxygen atoms in total. The number of methoxy groups -OCH3 is 2. The number of nitrogens with zero attached hydrogens (tertiary/aromatic N) is 3. The van der Waals surface area contributed by atoms with Gasteiger partial charge >= 0.3 is 5.97 Å². The van der Waals surface area contributed by atoms with Gasteiger partial charge in [-0.15, -0.1) is 5.10 Å². The van der Waals surface area contributed by atoms with Crippen LogP contribution in [0.3, 0.4) is 0 Å². The number of aromatic carboxylic acids is 1. The van der Waals surface area contributed by atoms with Crippen LogP contribution in [0.15, 0.2) is 16.6 Å². The Bertz CT molecular complexity index is 684. The number of carboxylic acid groups (broad SMARTS) is 1. The summed E-state index contributed by atoms with van der Waals surface area (Å²) in [6.45, 7) is 1.99. The van der Waals surface area contributed by atoms with E-state index < -0.39 is 5.97 Å². The first kappa shape index (κ1) is 15.3. The summed E-state index contributed by atoms with van der Waals surface area (Å²) >= 11 is 3.39. The maximum Gasteiger partial charge on any atom is 0.358 e. The van der Waals surface area contributed by atoms with E-state index in [2.05, 4.69) is 26.2 Å². The second-order valence-corrected chi connectivity index (χ2v) is 5.14. The lowest BCUT2D eigenvalue weighted by Gasteiger charge is -2.12. The Morgan fingerprint density at radius 3 is 2.52 bits per heavy atom. The minimum Gasteiger partial charge on any atom is -0.496 e. The van der Waals surface area contributed by atoms with Crippen LogP contribution in [0.4, 0.5) is 0 Å². The van der Waals surface area contributed by atoms with E-state index in [-0.39, 0.29) is 5.69 Å². The van der Waals surface area contributed by atoms with Crippen LogP contribution in [0.25, 0.3) is 0 Å². The predicted octanol–water partition coefficient (Wildman–Crippen LogP) is 2.11.